The quantitative estimate of drug-likeness (QED) is 0.844. The minimum atomic E-state index is 0.524. The highest BCUT2D eigenvalue weighted by molar-refractivity contribution is 5.50. The Hall–Kier alpha value is -2.30. The Labute approximate surface area is 118 Å². The molecule has 5 heteroatoms. The Morgan fingerprint density at radius 1 is 1.30 bits per heavy atom. The van der Waals surface area contributed by atoms with E-state index in [2.05, 4.69) is 20.9 Å². The summed E-state index contributed by atoms with van der Waals surface area (Å²) < 4.78 is 5.15. The number of ether oxygens (including phenoxy) is 1. The van der Waals surface area contributed by atoms with Gasteiger partial charge in [0.25, 0.3) is 0 Å². The summed E-state index contributed by atoms with van der Waals surface area (Å²) in [5.41, 5.74) is 7.96. The van der Waals surface area contributed by atoms with Crippen LogP contribution in [0.15, 0.2) is 36.7 Å². The number of hydrogen-bond acceptors (Lipinski definition) is 5. The van der Waals surface area contributed by atoms with Crippen molar-refractivity contribution >= 4 is 11.5 Å². The van der Waals surface area contributed by atoms with Gasteiger partial charge in [-0.15, -0.1) is 0 Å². The third-order valence-corrected chi connectivity index (χ3v) is 3.49. The number of para-hydroxylation sites is 1. The molecule has 0 bridgehead atoms. The number of nitrogens with zero attached hydrogens (tertiary/aromatic N) is 3. The lowest BCUT2D eigenvalue weighted by molar-refractivity contribution is 0.395. The van der Waals surface area contributed by atoms with Crippen LogP contribution in [0.3, 0.4) is 0 Å². The molecule has 0 aliphatic heterocycles. The van der Waals surface area contributed by atoms with Crippen molar-refractivity contribution in [3.05, 3.63) is 42.2 Å². The van der Waals surface area contributed by atoms with Gasteiger partial charge in [-0.3, -0.25) is 4.98 Å². The molecule has 0 spiro atoms. The molecular formula is C15H18N4O. The molecule has 1 fully saturated rings. The molecule has 1 aliphatic rings. The van der Waals surface area contributed by atoms with Gasteiger partial charge in [-0.2, -0.15) is 4.98 Å². The number of hydrogen-bond donors (Lipinski definition) is 1. The summed E-state index contributed by atoms with van der Waals surface area (Å²) in [6.07, 6.45) is 5.77. The van der Waals surface area contributed by atoms with Crippen LogP contribution in [-0.2, 0) is 6.54 Å². The van der Waals surface area contributed by atoms with Gasteiger partial charge in [0, 0.05) is 18.3 Å². The monoisotopic (exact) mass is 270 g/mol. The Morgan fingerprint density at radius 2 is 2.10 bits per heavy atom. The molecule has 5 nitrogen and oxygen atoms in total. The zero-order valence-electron chi connectivity index (χ0n) is 11.5. The van der Waals surface area contributed by atoms with Crippen molar-refractivity contribution in [3.8, 4) is 5.88 Å². The number of nitrogens with two attached hydrogens (primary N) is 1. The fraction of sp³-hybridized carbons (Fsp3) is 0.333. The number of methoxy groups -OCH3 is 1. The number of aromatic nitrogens is 2. The van der Waals surface area contributed by atoms with Gasteiger partial charge in [0.2, 0.25) is 5.88 Å². The Bertz CT molecular complexity index is 598. The van der Waals surface area contributed by atoms with Gasteiger partial charge in [0.15, 0.2) is 5.82 Å². The maximum atomic E-state index is 6.04. The van der Waals surface area contributed by atoms with E-state index in [1.807, 2.05) is 18.2 Å². The van der Waals surface area contributed by atoms with Crippen LogP contribution < -0.4 is 15.4 Å². The second kappa shape index (κ2) is 5.36. The standard InChI is InChI=1S/C15H18N4O/c1-20-15-9-17-8-14(18-15)19(12-6-7-12)10-11-4-2-3-5-13(11)16/h2-5,8-9,12H,6-7,10,16H2,1H3. The van der Waals surface area contributed by atoms with Crippen molar-refractivity contribution in [1.82, 2.24) is 9.97 Å². The van der Waals surface area contributed by atoms with Crippen molar-refractivity contribution in [2.24, 2.45) is 0 Å². The molecular weight excluding hydrogens is 252 g/mol. The van der Waals surface area contributed by atoms with Crippen molar-refractivity contribution < 1.29 is 4.74 Å². The molecule has 2 N–H and O–H groups in total. The van der Waals surface area contributed by atoms with E-state index in [-0.39, 0.29) is 0 Å². The number of rotatable bonds is 5. The highest BCUT2D eigenvalue weighted by Crippen LogP contribution is 2.33. The van der Waals surface area contributed by atoms with Gasteiger partial charge < -0.3 is 15.4 Å². The van der Waals surface area contributed by atoms with Crippen LogP contribution in [0.25, 0.3) is 0 Å². The summed E-state index contributed by atoms with van der Waals surface area (Å²) in [5, 5.41) is 0. The summed E-state index contributed by atoms with van der Waals surface area (Å²) in [4.78, 5) is 10.9. The normalized spacial score (nSPS) is 14.1. The van der Waals surface area contributed by atoms with Crippen LogP contribution >= 0.6 is 0 Å². The van der Waals surface area contributed by atoms with Crippen LogP contribution in [0, 0.1) is 0 Å². The van der Waals surface area contributed by atoms with E-state index in [0.29, 0.717) is 11.9 Å². The molecule has 20 heavy (non-hydrogen) atoms. The van der Waals surface area contributed by atoms with Gasteiger partial charge in [-0.05, 0) is 24.5 Å². The van der Waals surface area contributed by atoms with Crippen LogP contribution in [-0.4, -0.2) is 23.1 Å². The molecule has 104 valence electrons. The third-order valence-electron chi connectivity index (χ3n) is 3.49. The first-order chi connectivity index (χ1) is 9.78. The number of anilines is 2. The molecule has 1 aliphatic carbocycles. The highest BCUT2D eigenvalue weighted by atomic mass is 16.5. The van der Waals surface area contributed by atoms with E-state index < -0.39 is 0 Å². The topological polar surface area (TPSA) is 64.3 Å². The molecule has 0 saturated heterocycles. The molecule has 1 aromatic heterocycles. The third kappa shape index (κ3) is 2.66. The predicted octanol–water partition coefficient (Wildman–Crippen LogP) is 2.24. The molecule has 3 rings (SSSR count). The fourth-order valence-corrected chi connectivity index (χ4v) is 2.22. The summed E-state index contributed by atoms with van der Waals surface area (Å²) in [6, 6.07) is 8.46. The SMILES string of the molecule is COc1cncc(N(Cc2ccccc2N)C2CC2)n1. The smallest absolute Gasteiger partial charge is 0.233 e. The summed E-state index contributed by atoms with van der Waals surface area (Å²) >= 11 is 0. The van der Waals surface area contributed by atoms with Crippen LogP contribution in [0.2, 0.25) is 0 Å². The average Bonchev–Trinajstić information content (AvgIpc) is 3.31. The molecule has 2 aromatic rings. The van der Waals surface area contributed by atoms with Crippen molar-refractivity contribution in [2.45, 2.75) is 25.4 Å². The van der Waals surface area contributed by atoms with Crippen LogP contribution in [0.5, 0.6) is 5.88 Å². The van der Waals surface area contributed by atoms with Crippen molar-refractivity contribution in [1.29, 1.82) is 0 Å². The van der Waals surface area contributed by atoms with Crippen LogP contribution in [0.4, 0.5) is 11.5 Å². The lowest BCUT2D eigenvalue weighted by Gasteiger charge is -2.24. The first-order valence-corrected chi connectivity index (χ1v) is 6.74. The largest absolute Gasteiger partial charge is 0.480 e. The van der Waals surface area contributed by atoms with E-state index in [1.165, 1.54) is 12.8 Å². The Morgan fingerprint density at radius 3 is 2.80 bits per heavy atom. The van der Waals surface area contributed by atoms with Crippen LogP contribution in [0.1, 0.15) is 18.4 Å². The van der Waals surface area contributed by atoms with Gasteiger partial charge in [-0.1, -0.05) is 18.2 Å². The maximum absolute atomic E-state index is 6.04. The number of nitrogen functional groups attached to an aromatic ring is 1. The fourth-order valence-electron chi connectivity index (χ4n) is 2.22. The molecule has 0 unspecified atom stereocenters. The minimum Gasteiger partial charge on any atom is -0.480 e. The lowest BCUT2D eigenvalue weighted by Crippen LogP contribution is -2.26. The van der Waals surface area contributed by atoms with Gasteiger partial charge in [0.1, 0.15) is 0 Å². The molecule has 1 saturated carbocycles. The maximum Gasteiger partial charge on any atom is 0.233 e. The number of benzene rings is 1. The summed E-state index contributed by atoms with van der Waals surface area (Å²) in [7, 11) is 1.60. The van der Waals surface area contributed by atoms with Gasteiger partial charge >= 0.3 is 0 Å². The van der Waals surface area contributed by atoms with E-state index in [1.54, 1.807) is 19.5 Å². The zero-order valence-corrected chi connectivity index (χ0v) is 11.5. The molecule has 0 radical (unpaired) electrons. The Kier molecular flexibility index (Phi) is 3.41. The van der Waals surface area contributed by atoms with E-state index >= 15 is 0 Å². The van der Waals surface area contributed by atoms with Gasteiger partial charge in [-0.25, -0.2) is 0 Å². The predicted molar refractivity (Wildman–Crippen MR) is 78.6 cm³/mol. The average molecular weight is 270 g/mol. The highest BCUT2D eigenvalue weighted by Gasteiger charge is 2.30. The Balaban J connectivity index is 1.87. The first kappa shape index (κ1) is 12.7. The van der Waals surface area contributed by atoms with Crippen molar-refractivity contribution in [3.63, 3.8) is 0 Å². The molecule has 0 amide bonds. The zero-order chi connectivity index (χ0) is 13.9. The van der Waals surface area contributed by atoms with E-state index in [9.17, 15) is 0 Å². The lowest BCUT2D eigenvalue weighted by atomic mass is 10.1. The minimum absolute atomic E-state index is 0.524. The molecule has 1 heterocycles. The van der Waals surface area contributed by atoms with E-state index in [4.69, 9.17) is 10.5 Å². The van der Waals surface area contributed by atoms with Gasteiger partial charge in [0.05, 0.1) is 19.5 Å². The summed E-state index contributed by atoms with van der Waals surface area (Å²) in [5.74, 6) is 1.38. The van der Waals surface area contributed by atoms with E-state index in [0.717, 1.165) is 23.6 Å². The molecule has 1 aromatic carbocycles. The second-order valence-electron chi connectivity index (χ2n) is 4.98. The van der Waals surface area contributed by atoms with Crippen molar-refractivity contribution in [2.75, 3.05) is 17.7 Å². The summed E-state index contributed by atoms with van der Waals surface area (Å²) in [6.45, 7) is 0.749. The molecule has 0 atom stereocenters. The second-order valence-corrected chi connectivity index (χ2v) is 4.98. The first-order valence-electron chi connectivity index (χ1n) is 6.74.